The van der Waals surface area contributed by atoms with E-state index in [-0.39, 0.29) is 5.91 Å². The molecule has 1 saturated heterocycles. The minimum Gasteiger partial charge on any atom is -0.366 e. The number of hydrogen-bond acceptors (Lipinski definition) is 6. The van der Waals surface area contributed by atoms with Gasteiger partial charge in [0.25, 0.3) is 5.91 Å². The first-order valence-corrected chi connectivity index (χ1v) is 8.35. The Morgan fingerprint density at radius 1 is 1.28 bits per heavy atom. The van der Waals surface area contributed by atoms with Crippen LogP contribution in [-0.2, 0) is 0 Å². The van der Waals surface area contributed by atoms with Crippen molar-refractivity contribution in [3.05, 3.63) is 48.0 Å². The van der Waals surface area contributed by atoms with Crippen LogP contribution in [-0.4, -0.2) is 54.7 Å². The van der Waals surface area contributed by atoms with Gasteiger partial charge in [0.05, 0.1) is 6.20 Å². The SMILES string of the molecule is Cc1ccn2ncc(C(=O)N3CCC(Nc4cccnn4)CC3)c2n1. The summed E-state index contributed by atoms with van der Waals surface area (Å²) in [4.78, 5) is 19.2. The summed E-state index contributed by atoms with van der Waals surface area (Å²) < 4.78 is 1.64. The van der Waals surface area contributed by atoms with Gasteiger partial charge < -0.3 is 10.2 Å². The highest BCUT2D eigenvalue weighted by Gasteiger charge is 2.26. The standard InChI is InChI=1S/C17H19N7O/c1-12-4-10-24-16(20-12)14(11-19-24)17(25)23-8-5-13(6-9-23)21-15-3-2-7-18-22-15/h2-4,7,10-11,13H,5-6,8-9H2,1H3,(H,21,22). The summed E-state index contributed by atoms with van der Waals surface area (Å²) in [7, 11) is 0. The predicted molar refractivity (Wildman–Crippen MR) is 92.3 cm³/mol. The lowest BCUT2D eigenvalue weighted by atomic mass is 10.0. The quantitative estimate of drug-likeness (QED) is 0.780. The molecule has 0 bridgehead atoms. The highest BCUT2D eigenvalue weighted by atomic mass is 16.2. The molecule has 0 aromatic carbocycles. The number of piperidine rings is 1. The molecule has 8 nitrogen and oxygen atoms in total. The minimum atomic E-state index is -0.00828. The maximum absolute atomic E-state index is 12.8. The van der Waals surface area contributed by atoms with Crippen molar-refractivity contribution in [2.75, 3.05) is 18.4 Å². The van der Waals surface area contributed by atoms with Crippen LogP contribution >= 0.6 is 0 Å². The molecule has 25 heavy (non-hydrogen) atoms. The van der Waals surface area contributed by atoms with Gasteiger partial charge in [-0.05, 0) is 38.0 Å². The van der Waals surface area contributed by atoms with Crippen LogP contribution in [0.15, 0.2) is 36.8 Å². The van der Waals surface area contributed by atoms with Crippen LogP contribution in [0.5, 0.6) is 0 Å². The van der Waals surface area contributed by atoms with E-state index < -0.39 is 0 Å². The van der Waals surface area contributed by atoms with E-state index in [1.165, 1.54) is 0 Å². The number of anilines is 1. The molecule has 8 heteroatoms. The average molecular weight is 337 g/mol. The lowest BCUT2D eigenvalue weighted by molar-refractivity contribution is 0.0720. The molecule has 0 unspecified atom stereocenters. The number of carbonyl (C=O) groups is 1. The first-order valence-electron chi connectivity index (χ1n) is 8.35. The lowest BCUT2D eigenvalue weighted by Crippen LogP contribution is -2.42. The molecular formula is C17H19N7O. The van der Waals surface area contributed by atoms with E-state index in [4.69, 9.17) is 0 Å². The number of rotatable bonds is 3. The van der Waals surface area contributed by atoms with Crippen molar-refractivity contribution in [1.82, 2.24) is 29.7 Å². The van der Waals surface area contributed by atoms with Crippen molar-refractivity contribution in [3.63, 3.8) is 0 Å². The number of likely N-dealkylation sites (tertiary alicyclic amines) is 1. The molecule has 3 aromatic heterocycles. The zero-order valence-corrected chi connectivity index (χ0v) is 14.0. The van der Waals surface area contributed by atoms with Crippen molar-refractivity contribution in [3.8, 4) is 0 Å². The molecule has 4 heterocycles. The summed E-state index contributed by atoms with van der Waals surface area (Å²) >= 11 is 0. The van der Waals surface area contributed by atoms with Crippen LogP contribution in [0.1, 0.15) is 28.9 Å². The van der Waals surface area contributed by atoms with Crippen molar-refractivity contribution in [2.24, 2.45) is 0 Å². The number of nitrogens with one attached hydrogen (secondary N) is 1. The van der Waals surface area contributed by atoms with E-state index in [0.717, 1.165) is 24.4 Å². The van der Waals surface area contributed by atoms with Crippen LogP contribution in [0.3, 0.4) is 0 Å². The van der Waals surface area contributed by atoms with E-state index in [1.807, 2.05) is 36.2 Å². The number of fused-ring (bicyclic) bond motifs is 1. The maximum atomic E-state index is 12.8. The van der Waals surface area contributed by atoms with Crippen LogP contribution in [0.2, 0.25) is 0 Å². The fourth-order valence-electron chi connectivity index (χ4n) is 3.09. The summed E-state index contributed by atoms with van der Waals surface area (Å²) in [6.45, 7) is 3.30. The smallest absolute Gasteiger partial charge is 0.259 e. The molecule has 1 fully saturated rings. The molecule has 0 radical (unpaired) electrons. The van der Waals surface area contributed by atoms with Gasteiger partial charge in [0.2, 0.25) is 0 Å². The van der Waals surface area contributed by atoms with Crippen molar-refractivity contribution >= 4 is 17.4 Å². The van der Waals surface area contributed by atoms with Gasteiger partial charge >= 0.3 is 0 Å². The number of hydrogen-bond donors (Lipinski definition) is 1. The van der Waals surface area contributed by atoms with Crippen LogP contribution in [0, 0.1) is 6.92 Å². The zero-order valence-electron chi connectivity index (χ0n) is 14.0. The molecule has 1 N–H and O–H groups in total. The van der Waals surface area contributed by atoms with Crippen molar-refractivity contribution in [1.29, 1.82) is 0 Å². The molecule has 3 aromatic rings. The summed E-state index contributed by atoms with van der Waals surface area (Å²) in [5.41, 5.74) is 2.04. The Labute approximate surface area is 144 Å². The van der Waals surface area contributed by atoms with Gasteiger partial charge in [0, 0.05) is 37.2 Å². The highest BCUT2D eigenvalue weighted by Crippen LogP contribution is 2.18. The van der Waals surface area contributed by atoms with Crippen LogP contribution in [0.25, 0.3) is 5.65 Å². The Kier molecular flexibility index (Phi) is 4.01. The number of carbonyl (C=O) groups excluding carboxylic acids is 1. The highest BCUT2D eigenvalue weighted by molar-refractivity contribution is 5.99. The Hall–Kier alpha value is -3.03. The predicted octanol–water partition coefficient (Wildman–Crippen LogP) is 1.54. The van der Waals surface area contributed by atoms with Gasteiger partial charge in [-0.1, -0.05) is 0 Å². The second kappa shape index (κ2) is 6.46. The third-order valence-electron chi connectivity index (χ3n) is 4.45. The second-order valence-electron chi connectivity index (χ2n) is 6.22. The molecule has 128 valence electrons. The normalized spacial score (nSPS) is 15.5. The summed E-state index contributed by atoms with van der Waals surface area (Å²) in [6.07, 6.45) is 6.82. The Bertz CT molecular complexity index is 884. The first kappa shape index (κ1) is 15.5. The molecule has 0 saturated carbocycles. The molecule has 0 atom stereocenters. The maximum Gasteiger partial charge on any atom is 0.259 e. The van der Waals surface area contributed by atoms with E-state index in [0.29, 0.717) is 30.3 Å². The minimum absolute atomic E-state index is 0.00828. The summed E-state index contributed by atoms with van der Waals surface area (Å²) in [6, 6.07) is 5.92. The number of aryl methyl sites for hydroxylation is 1. The van der Waals surface area contributed by atoms with E-state index >= 15 is 0 Å². The largest absolute Gasteiger partial charge is 0.366 e. The summed E-state index contributed by atoms with van der Waals surface area (Å²) in [5.74, 6) is 0.764. The van der Waals surface area contributed by atoms with Gasteiger partial charge in [-0.3, -0.25) is 4.79 Å². The zero-order chi connectivity index (χ0) is 17.2. The van der Waals surface area contributed by atoms with Gasteiger partial charge in [-0.2, -0.15) is 10.2 Å². The molecular weight excluding hydrogens is 318 g/mol. The van der Waals surface area contributed by atoms with Gasteiger partial charge in [0.1, 0.15) is 11.4 Å². The lowest BCUT2D eigenvalue weighted by Gasteiger charge is -2.32. The molecule has 0 aliphatic carbocycles. The monoisotopic (exact) mass is 337 g/mol. The number of amides is 1. The number of nitrogens with zero attached hydrogens (tertiary/aromatic N) is 6. The van der Waals surface area contributed by atoms with Gasteiger partial charge in [0.15, 0.2) is 5.65 Å². The fourth-order valence-corrected chi connectivity index (χ4v) is 3.09. The second-order valence-corrected chi connectivity index (χ2v) is 6.22. The van der Waals surface area contributed by atoms with Gasteiger partial charge in [-0.15, -0.1) is 5.10 Å². The third-order valence-corrected chi connectivity index (χ3v) is 4.45. The molecule has 0 spiro atoms. The van der Waals surface area contributed by atoms with E-state index in [9.17, 15) is 4.79 Å². The third kappa shape index (κ3) is 3.15. The number of aromatic nitrogens is 5. The molecule has 4 rings (SSSR count). The Morgan fingerprint density at radius 3 is 2.88 bits per heavy atom. The van der Waals surface area contributed by atoms with Crippen LogP contribution in [0.4, 0.5) is 5.82 Å². The topological polar surface area (TPSA) is 88.3 Å². The molecule has 1 amide bonds. The van der Waals surface area contributed by atoms with Crippen LogP contribution < -0.4 is 5.32 Å². The average Bonchev–Trinajstić information content (AvgIpc) is 3.05. The van der Waals surface area contributed by atoms with Crippen molar-refractivity contribution < 1.29 is 4.79 Å². The molecule has 1 aliphatic heterocycles. The van der Waals surface area contributed by atoms with Gasteiger partial charge in [-0.25, -0.2) is 9.50 Å². The summed E-state index contributed by atoms with van der Waals surface area (Å²) in [5, 5.41) is 15.5. The first-order chi connectivity index (χ1) is 12.2. The van der Waals surface area contributed by atoms with E-state index in [1.54, 1.807) is 16.9 Å². The Morgan fingerprint density at radius 2 is 2.12 bits per heavy atom. The molecule has 1 aliphatic rings. The van der Waals surface area contributed by atoms with E-state index in [2.05, 4.69) is 25.6 Å². The van der Waals surface area contributed by atoms with Crippen molar-refractivity contribution in [2.45, 2.75) is 25.8 Å². The Balaban J connectivity index is 1.43. The fraction of sp³-hybridized carbons (Fsp3) is 0.353.